The number of aromatic nitrogens is 3. The van der Waals surface area contributed by atoms with Gasteiger partial charge < -0.3 is 19.5 Å². The first kappa shape index (κ1) is 19.8. The summed E-state index contributed by atoms with van der Waals surface area (Å²) < 4.78 is 8.15. The van der Waals surface area contributed by atoms with Crippen LogP contribution in [-0.2, 0) is 11.3 Å². The van der Waals surface area contributed by atoms with E-state index in [-0.39, 0.29) is 6.10 Å². The zero-order valence-electron chi connectivity index (χ0n) is 17.5. The van der Waals surface area contributed by atoms with Crippen molar-refractivity contribution < 1.29 is 4.74 Å². The molecule has 4 heterocycles. The zero-order chi connectivity index (χ0) is 20.7. The Bertz CT molecular complexity index is 1020. The summed E-state index contributed by atoms with van der Waals surface area (Å²) >= 11 is 6.58. The number of ether oxygens (including phenoxy) is 1. The van der Waals surface area contributed by atoms with Gasteiger partial charge in [-0.05, 0) is 51.0 Å². The summed E-state index contributed by atoms with van der Waals surface area (Å²) in [7, 11) is 0. The molecule has 2 fully saturated rings. The summed E-state index contributed by atoms with van der Waals surface area (Å²) in [5, 5.41) is 4.11. The van der Waals surface area contributed by atoms with Crippen molar-refractivity contribution in [2.24, 2.45) is 0 Å². The second-order valence-electron chi connectivity index (χ2n) is 8.44. The molecule has 0 spiro atoms. The van der Waals surface area contributed by atoms with Gasteiger partial charge in [-0.25, -0.2) is 9.97 Å². The first-order valence-electron chi connectivity index (χ1n) is 10.8. The van der Waals surface area contributed by atoms with E-state index in [0.29, 0.717) is 23.7 Å². The summed E-state index contributed by atoms with van der Waals surface area (Å²) in [5.41, 5.74) is 2.84. The van der Waals surface area contributed by atoms with E-state index < -0.39 is 0 Å². The van der Waals surface area contributed by atoms with E-state index in [9.17, 15) is 0 Å². The number of para-hydroxylation sites is 1. The summed E-state index contributed by atoms with van der Waals surface area (Å²) in [6.07, 6.45) is 4.46. The predicted molar refractivity (Wildman–Crippen MR) is 121 cm³/mol. The molecule has 7 heteroatoms. The van der Waals surface area contributed by atoms with Gasteiger partial charge in [0.05, 0.1) is 35.3 Å². The van der Waals surface area contributed by atoms with E-state index in [1.807, 2.05) is 24.4 Å². The highest BCUT2D eigenvalue weighted by molar-refractivity contribution is 6.35. The SMILES string of the molecule is C[C@H]1CC[C@H](C)N1c1ccc(-c2nc3cccc(Cl)c3n2C[C@@H]2CNCCO2)cn1. The number of anilines is 1. The lowest BCUT2D eigenvalue weighted by molar-refractivity contribution is 0.0191. The Hall–Kier alpha value is -2.15. The van der Waals surface area contributed by atoms with Crippen molar-refractivity contribution in [1.29, 1.82) is 0 Å². The highest BCUT2D eigenvalue weighted by Crippen LogP contribution is 2.32. The maximum Gasteiger partial charge on any atom is 0.142 e. The van der Waals surface area contributed by atoms with E-state index in [1.54, 1.807) is 0 Å². The van der Waals surface area contributed by atoms with Crippen molar-refractivity contribution in [2.75, 3.05) is 24.6 Å². The maximum atomic E-state index is 6.58. The standard InChI is InChI=1S/C23H28ClN5O/c1-15-6-7-16(2)29(15)21-9-8-17(12-26-21)23-27-20-5-3-4-19(24)22(20)28(23)14-18-13-25-10-11-30-18/h3-5,8-9,12,15-16,18,25H,6-7,10-11,13-14H2,1-2H3/t15-,16-,18-/m0/s1. The summed E-state index contributed by atoms with van der Waals surface area (Å²) in [6, 6.07) is 11.2. The number of benzene rings is 1. The number of nitrogens with one attached hydrogen (secondary N) is 1. The van der Waals surface area contributed by atoms with Crippen LogP contribution >= 0.6 is 11.6 Å². The van der Waals surface area contributed by atoms with Gasteiger partial charge in [-0.1, -0.05) is 17.7 Å². The van der Waals surface area contributed by atoms with Crippen molar-refractivity contribution in [3.63, 3.8) is 0 Å². The third-order valence-corrected chi connectivity index (χ3v) is 6.64. The predicted octanol–water partition coefficient (Wildman–Crippen LogP) is 4.12. The van der Waals surface area contributed by atoms with Crippen LogP contribution in [0.15, 0.2) is 36.5 Å². The second-order valence-corrected chi connectivity index (χ2v) is 8.85. The minimum Gasteiger partial charge on any atom is -0.374 e. The minimum absolute atomic E-state index is 0.0877. The molecule has 0 radical (unpaired) electrons. The van der Waals surface area contributed by atoms with Crippen LogP contribution < -0.4 is 10.2 Å². The fourth-order valence-corrected chi connectivity index (χ4v) is 5.07. The van der Waals surface area contributed by atoms with E-state index in [0.717, 1.165) is 47.9 Å². The minimum atomic E-state index is 0.0877. The Morgan fingerprint density at radius 2 is 2.00 bits per heavy atom. The lowest BCUT2D eigenvalue weighted by Gasteiger charge is -2.27. The number of hydrogen-bond acceptors (Lipinski definition) is 5. The maximum absolute atomic E-state index is 6.58. The first-order chi connectivity index (χ1) is 14.6. The van der Waals surface area contributed by atoms with Crippen molar-refractivity contribution in [3.8, 4) is 11.4 Å². The van der Waals surface area contributed by atoms with E-state index in [4.69, 9.17) is 26.3 Å². The van der Waals surface area contributed by atoms with E-state index in [2.05, 4.69) is 40.8 Å². The van der Waals surface area contributed by atoms with Crippen LogP contribution in [0.4, 0.5) is 5.82 Å². The van der Waals surface area contributed by atoms with Gasteiger partial charge in [0.1, 0.15) is 11.6 Å². The van der Waals surface area contributed by atoms with Crippen LogP contribution in [0.25, 0.3) is 22.4 Å². The van der Waals surface area contributed by atoms with E-state index >= 15 is 0 Å². The van der Waals surface area contributed by atoms with Crippen LogP contribution in [-0.4, -0.2) is 52.4 Å². The Balaban J connectivity index is 1.53. The van der Waals surface area contributed by atoms with Gasteiger partial charge in [-0.3, -0.25) is 0 Å². The Morgan fingerprint density at radius 1 is 1.17 bits per heavy atom. The molecule has 0 amide bonds. The number of morpholine rings is 1. The molecule has 2 aromatic heterocycles. The molecular formula is C23H28ClN5O. The first-order valence-corrected chi connectivity index (χ1v) is 11.2. The molecule has 2 aliphatic heterocycles. The third kappa shape index (κ3) is 3.57. The average molecular weight is 426 g/mol. The zero-order valence-corrected chi connectivity index (χ0v) is 18.3. The number of halogens is 1. The van der Waals surface area contributed by atoms with E-state index in [1.165, 1.54) is 12.8 Å². The summed E-state index contributed by atoms with van der Waals surface area (Å²) in [5.74, 6) is 1.92. The molecule has 0 saturated carbocycles. The molecule has 1 aromatic carbocycles. The number of imidazole rings is 1. The largest absolute Gasteiger partial charge is 0.374 e. The fourth-order valence-electron chi connectivity index (χ4n) is 4.80. The van der Waals surface area contributed by atoms with Crippen LogP contribution in [0, 0.1) is 0 Å². The number of pyridine rings is 1. The number of fused-ring (bicyclic) bond motifs is 1. The molecule has 0 unspecified atom stereocenters. The van der Waals surface area contributed by atoms with Crippen molar-refractivity contribution in [2.45, 2.75) is 51.4 Å². The van der Waals surface area contributed by atoms with Gasteiger partial charge in [-0.2, -0.15) is 0 Å². The monoisotopic (exact) mass is 425 g/mol. The highest BCUT2D eigenvalue weighted by atomic mass is 35.5. The van der Waals surface area contributed by atoms with Crippen LogP contribution in [0.1, 0.15) is 26.7 Å². The Kier molecular flexibility index (Phi) is 5.39. The molecule has 0 aliphatic carbocycles. The lowest BCUT2D eigenvalue weighted by Crippen LogP contribution is -2.40. The molecule has 2 aliphatic rings. The average Bonchev–Trinajstić information content (AvgIpc) is 3.29. The van der Waals surface area contributed by atoms with Crippen LogP contribution in [0.5, 0.6) is 0 Å². The summed E-state index contributed by atoms with van der Waals surface area (Å²) in [4.78, 5) is 12.2. The summed E-state index contributed by atoms with van der Waals surface area (Å²) in [6.45, 7) is 7.70. The molecule has 3 aromatic rings. The lowest BCUT2D eigenvalue weighted by atomic mass is 10.2. The Morgan fingerprint density at radius 3 is 2.70 bits per heavy atom. The Labute approximate surface area is 182 Å². The van der Waals surface area contributed by atoms with Crippen molar-refractivity contribution in [1.82, 2.24) is 19.9 Å². The van der Waals surface area contributed by atoms with Crippen LogP contribution in [0.3, 0.4) is 0 Å². The molecule has 30 heavy (non-hydrogen) atoms. The number of nitrogens with zero attached hydrogens (tertiary/aromatic N) is 4. The topological polar surface area (TPSA) is 55.2 Å². The highest BCUT2D eigenvalue weighted by Gasteiger charge is 2.28. The van der Waals surface area contributed by atoms with Gasteiger partial charge in [0, 0.05) is 36.9 Å². The van der Waals surface area contributed by atoms with Crippen molar-refractivity contribution >= 4 is 28.5 Å². The molecule has 2 saturated heterocycles. The second kappa shape index (κ2) is 8.17. The fraction of sp³-hybridized carbons (Fsp3) is 0.478. The smallest absolute Gasteiger partial charge is 0.142 e. The molecule has 158 valence electrons. The normalized spacial score (nSPS) is 24.6. The van der Waals surface area contributed by atoms with Gasteiger partial charge in [0.15, 0.2) is 0 Å². The quantitative estimate of drug-likeness (QED) is 0.681. The van der Waals surface area contributed by atoms with Gasteiger partial charge in [0.2, 0.25) is 0 Å². The van der Waals surface area contributed by atoms with Gasteiger partial charge in [-0.15, -0.1) is 0 Å². The van der Waals surface area contributed by atoms with Crippen molar-refractivity contribution in [3.05, 3.63) is 41.6 Å². The molecule has 6 nitrogen and oxygen atoms in total. The number of hydrogen-bond donors (Lipinski definition) is 1. The van der Waals surface area contributed by atoms with Crippen LogP contribution in [0.2, 0.25) is 5.02 Å². The molecule has 3 atom stereocenters. The molecular weight excluding hydrogens is 398 g/mol. The third-order valence-electron chi connectivity index (χ3n) is 6.33. The van der Waals surface area contributed by atoms with Gasteiger partial charge >= 0.3 is 0 Å². The molecule has 0 bridgehead atoms. The number of rotatable bonds is 4. The van der Waals surface area contributed by atoms with Gasteiger partial charge in [0.25, 0.3) is 0 Å². The molecule has 5 rings (SSSR count). The molecule has 1 N–H and O–H groups in total.